The first kappa shape index (κ1) is 9.10. The third-order valence-electron chi connectivity index (χ3n) is 1.19. The third-order valence-corrected chi connectivity index (χ3v) is 2.73. The summed E-state index contributed by atoms with van der Waals surface area (Å²) in [6.07, 6.45) is 0. The molecule has 0 saturated carbocycles. The molecule has 1 rings (SSSR count). The lowest BCUT2D eigenvalue weighted by molar-refractivity contribution is 0.0597. The molecule has 0 bridgehead atoms. The number of thiophene rings is 1. The van der Waals surface area contributed by atoms with E-state index in [1.54, 1.807) is 10.8 Å². The van der Waals surface area contributed by atoms with Crippen molar-refractivity contribution in [3.05, 3.63) is 16.3 Å². The zero-order valence-electron chi connectivity index (χ0n) is 6.23. The van der Waals surface area contributed by atoms with Gasteiger partial charge in [-0.05, 0) is 11.8 Å². The van der Waals surface area contributed by atoms with Crippen LogP contribution in [-0.4, -0.2) is 13.1 Å². The number of hydrogen-bond acceptors (Lipinski definition) is 5. The summed E-state index contributed by atoms with van der Waals surface area (Å²) in [7, 11) is 1.32. The Morgan fingerprint density at radius 3 is 3.08 bits per heavy atom. The van der Waals surface area contributed by atoms with Gasteiger partial charge in [0.25, 0.3) is 0 Å². The molecule has 0 atom stereocenters. The summed E-state index contributed by atoms with van der Waals surface area (Å²) in [6, 6.07) is 0. The molecule has 0 fully saturated rings. The van der Waals surface area contributed by atoms with Gasteiger partial charge in [-0.3, -0.25) is 0 Å². The van der Waals surface area contributed by atoms with E-state index in [0.29, 0.717) is 10.5 Å². The number of nitriles is 1. The molecule has 0 spiro atoms. The normalized spacial score (nSPS) is 9.00. The van der Waals surface area contributed by atoms with Crippen molar-refractivity contribution in [2.75, 3.05) is 7.11 Å². The van der Waals surface area contributed by atoms with E-state index >= 15 is 0 Å². The standard InChI is InChI=1S/C7H5NO2S2/c1-10-7(9)5-2-11-3-6(5)12-4-8/h2-3H,1H3. The topological polar surface area (TPSA) is 50.1 Å². The highest BCUT2D eigenvalue weighted by molar-refractivity contribution is 8.03. The van der Waals surface area contributed by atoms with Gasteiger partial charge in [0.15, 0.2) is 0 Å². The highest BCUT2D eigenvalue weighted by Gasteiger charge is 2.12. The smallest absolute Gasteiger partial charge is 0.339 e. The van der Waals surface area contributed by atoms with E-state index in [1.165, 1.54) is 18.4 Å². The van der Waals surface area contributed by atoms with E-state index in [-0.39, 0.29) is 0 Å². The quantitative estimate of drug-likeness (QED) is 0.416. The van der Waals surface area contributed by atoms with Crippen LogP contribution >= 0.6 is 23.1 Å². The van der Waals surface area contributed by atoms with Gasteiger partial charge in [0.2, 0.25) is 0 Å². The van der Waals surface area contributed by atoms with Gasteiger partial charge in [-0.15, -0.1) is 0 Å². The van der Waals surface area contributed by atoms with Crippen molar-refractivity contribution in [2.45, 2.75) is 4.90 Å². The molecule has 3 nitrogen and oxygen atoms in total. The van der Waals surface area contributed by atoms with Gasteiger partial charge in [-0.2, -0.15) is 16.6 Å². The van der Waals surface area contributed by atoms with Crippen LogP contribution in [0.1, 0.15) is 10.4 Å². The molecule has 0 radical (unpaired) electrons. The van der Waals surface area contributed by atoms with Crippen LogP contribution in [0.2, 0.25) is 0 Å². The van der Waals surface area contributed by atoms with Crippen molar-refractivity contribution in [2.24, 2.45) is 0 Å². The highest BCUT2D eigenvalue weighted by Crippen LogP contribution is 2.26. The third kappa shape index (κ3) is 1.78. The number of thiocyanates is 1. The van der Waals surface area contributed by atoms with Crippen molar-refractivity contribution < 1.29 is 9.53 Å². The lowest BCUT2D eigenvalue weighted by Crippen LogP contribution is -1.99. The van der Waals surface area contributed by atoms with Gasteiger partial charge in [0.05, 0.1) is 12.7 Å². The summed E-state index contributed by atoms with van der Waals surface area (Å²) in [6.45, 7) is 0. The van der Waals surface area contributed by atoms with Crippen molar-refractivity contribution in [3.63, 3.8) is 0 Å². The SMILES string of the molecule is COC(=O)c1cscc1SC#N. The minimum atomic E-state index is -0.394. The molecular weight excluding hydrogens is 194 g/mol. The van der Waals surface area contributed by atoms with Crippen molar-refractivity contribution in [1.29, 1.82) is 5.26 Å². The molecule has 1 heterocycles. The number of methoxy groups -OCH3 is 1. The zero-order valence-corrected chi connectivity index (χ0v) is 7.87. The molecule has 5 heteroatoms. The first-order valence-corrected chi connectivity index (χ1v) is 4.76. The number of ether oxygens (including phenoxy) is 1. The summed E-state index contributed by atoms with van der Waals surface area (Å²) in [5.74, 6) is -0.394. The van der Waals surface area contributed by atoms with Crippen LogP contribution in [0.4, 0.5) is 0 Å². The Hall–Kier alpha value is -0.990. The maximum absolute atomic E-state index is 11.0. The van der Waals surface area contributed by atoms with E-state index in [1.807, 2.05) is 5.40 Å². The molecule has 1 aromatic rings. The Morgan fingerprint density at radius 1 is 1.75 bits per heavy atom. The fourth-order valence-corrected chi connectivity index (χ4v) is 2.13. The van der Waals surface area contributed by atoms with E-state index in [2.05, 4.69) is 4.74 Å². The van der Waals surface area contributed by atoms with E-state index in [4.69, 9.17) is 5.26 Å². The van der Waals surface area contributed by atoms with Crippen LogP contribution in [0.5, 0.6) is 0 Å². The summed E-state index contributed by atoms with van der Waals surface area (Å²) in [5.41, 5.74) is 0.467. The van der Waals surface area contributed by atoms with Crippen LogP contribution in [0.25, 0.3) is 0 Å². The number of nitrogens with zero attached hydrogens (tertiary/aromatic N) is 1. The Kier molecular flexibility index (Phi) is 3.14. The van der Waals surface area contributed by atoms with Crippen molar-refractivity contribution >= 4 is 29.1 Å². The lowest BCUT2D eigenvalue weighted by atomic mass is 10.3. The second kappa shape index (κ2) is 4.14. The maximum Gasteiger partial charge on any atom is 0.339 e. The number of rotatable bonds is 2. The molecule has 0 amide bonds. The van der Waals surface area contributed by atoms with E-state index in [0.717, 1.165) is 11.8 Å². The maximum atomic E-state index is 11.0. The van der Waals surface area contributed by atoms with Crippen LogP contribution in [0.3, 0.4) is 0 Å². The summed E-state index contributed by atoms with van der Waals surface area (Å²) in [5, 5.41) is 13.7. The summed E-state index contributed by atoms with van der Waals surface area (Å²) >= 11 is 2.34. The number of carbonyl (C=O) groups is 1. The fourth-order valence-electron chi connectivity index (χ4n) is 0.672. The molecule has 0 unspecified atom stereocenters. The average Bonchev–Trinajstić information content (AvgIpc) is 2.52. The van der Waals surface area contributed by atoms with Crippen molar-refractivity contribution in [3.8, 4) is 5.40 Å². The Labute approximate surface area is 78.0 Å². The largest absolute Gasteiger partial charge is 0.465 e. The predicted octanol–water partition coefficient (Wildman–Crippen LogP) is 2.11. The molecule has 0 aliphatic rings. The first-order chi connectivity index (χ1) is 5.79. The minimum absolute atomic E-state index is 0.394. The van der Waals surface area contributed by atoms with Gasteiger partial charge in [0.1, 0.15) is 5.40 Å². The monoisotopic (exact) mass is 199 g/mol. The second-order valence-electron chi connectivity index (χ2n) is 1.83. The molecule has 1 aromatic heterocycles. The number of esters is 1. The second-order valence-corrected chi connectivity index (χ2v) is 3.40. The van der Waals surface area contributed by atoms with Gasteiger partial charge in [-0.25, -0.2) is 4.79 Å². The Morgan fingerprint density at radius 2 is 2.50 bits per heavy atom. The lowest BCUT2D eigenvalue weighted by Gasteiger charge is -1.95. The van der Waals surface area contributed by atoms with Crippen molar-refractivity contribution in [1.82, 2.24) is 0 Å². The van der Waals surface area contributed by atoms with Crippen LogP contribution < -0.4 is 0 Å². The molecule has 0 N–H and O–H groups in total. The summed E-state index contributed by atoms with van der Waals surface area (Å²) in [4.78, 5) is 11.7. The fraction of sp³-hybridized carbons (Fsp3) is 0.143. The molecule has 0 aliphatic carbocycles. The zero-order chi connectivity index (χ0) is 8.97. The Bertz CT molecular complexity index is 326. The molecule has 0 aliphatic heterocycles. The van der Waals surface area contributed by atoms with Crippen LogP contribution in [0.15, 0.2) is 15.7 Å². The molecular formula is C7H5NO2S2. The van der Waals surface area contributed by atoms with Gasteiger partial charge < -0.3 is 4.74 Å². The van der Waals surface area contributed by atoms with Gasteiger partial charge in [0, 0.05) is 15.7 Å². The molecule has 62 valence electrons. The number of thioether (sulfide) groups is 1. The molecule has 0 aromatic carbocycles. The molecule has 0 saturated heterocycles. The number of hydrogen-bond donors (Lipinski definition) is 0. The van der Waals surface area contributed by atoms with E-state index < -0.39 is 5.97 Å². The van der Waals surface area contributed by atoms with E-state index in [9.17, 15) is 4.79 Å². The number of carbonyl (C=O) groups excluding carboxylic acids is 1. The Balaban J connectivity index is 2.92. The van der Waals surface area contributed by atoms with Gasteiger partial charge in [-0.1, -0.05) is 0 Å². The predicted molar refractivity (Wildman–Crippen MR) is 47.1 cm³/mol. The van der Waals surface area contributed by atoms with Crippen LogP contribution in [-0.2, 0) is 4.74 Å². The van der Waals surface area contributed by atoms with Gasteiger partial charge >= 0.3 is 5.97 Å². The van der Waals surface area contributed by atoms with Crippen LogP contribution in [0, 0.1) is 10.7 Å². The first-order valence-electron chi connectivity index (χ1n) is 3.00. The minimum Gasteiger partial charge on any atom is -0.465 e. The summed E-state index contributed by atoms with van der Waals surface area (Å²) < 4.78 is 4.53. The highest BCUT2D eigenvalue weighted by atomic mass is 32.2. The molecule has 12 heavy (non-hydrogen) atoms. The average molecular weight is 199 g/mol.